The quantitative estimate of drug-likeness (QED) is 0.556. The zero-order chi connectivity index (χ0) is 20.0. The van der Waals surface area contributed by atoms with E-state index in [9.17, 15) is 8.78 Å². The molecule has 0 fully saturated rings. The zero-order valence-electron chi connectivity index (χ0n) is 14.9. The molecule has 0 amide bonds. The van der Waals surface area contributed by atoms with Crippen molar-refractivity contribution in [2.75, 3.05) is 13.7 Å². The molecule has 5 nitrogen and oxygen atoms in total. The molecule has 0 N–H and O–H groups in total. The summed E-state index contributed by atoms with van der Waals surface area (Å²) in [4.78, 5) is 4.64. The molecule has 1 atom stereocenters. The topological polar surface area (TPSA) is 52.3 Å². The highest BCUT2D eigenvalue weighted by molar-refractivity contribution is 9.10. The smallest absolute Gasteiger partial charge is 0.164 e. The molecule has 0 spiro atoms. The predicted molar refractivity (Wildman–Crippen MR) is 105 cm³/mol. The summed E-state index contributed by atoms with van der Waals surface area (Å²) in [6.45, 7) is 1.94. The molecular weight excluding hydrogens is 454 g/mol. The molecule has 3 aromatic rings. The molecule has 0 saturated carbocycles. The Morgan fingerprint density at radius 3 is 2.54 bits per heavy atom. The second-order valence-electron chi connectivity index (χ2n) is 6.24. The molecule has 28 heavy (non-hydrogen) atoms. The molecule has 0 unspecified atom stereocenters. The van der Waals surface area contributed by atoms with E-state index < -0.39 is 17.7 Å². The Balaban J connectivity index is 2.13. The van der Waals surface area contributed by atoms with Crippen molar-refractivity contribution in [1.29, 1.82) is 0 Å². The largest absolute Gasteiger partial charge is 0.382 e. The highest BCUT2D eigenvalue weighted by atomic mass is 79.9. The molecule has 1 aromatic heterocycles. The Labute approximate surface area is 173 Å². The van der Waals surface area contributed by atoms with Crippen LogP contribution in [0.5, 0.6) is 0 Å². The van der Waals surface area contributed by atoms with Gasteiger partial charge in [0.2, 0.25) is 0 Å². The summed E-state index contributed by atoms with van der Waals surface area (Å²) in [5.41, 5.74) is 0.832. The SMILES string of the molecule is COC[C@@H]1N=C(c2c(F)cccc2F)c2c(ccc(Br)c2Cl)-n2c(C)nnc21. The van der Waals surface area contributed by atoms with Crippen LogP contribution in [0, 0.1) is 18.6 Å². The summed E-state index contributed by atoms with van der Waals surface area (Å²) < 4.78 is 37.0. The summed E-state index contributed by atoms with van der Waals surface area (Å²) in [6, 6.07) is 6.61. The second kappa shape index (κ2) is 7.35. The molecule has 9 heteroatoms. The highest BCUT2D eigenvalue weighted by Crippen LogP contribution is 2.38. The van der Waals surface area contributed by atoms with Gasteiger partial charge in [-0.1, -0.05) is 17.7 Å². The van der Waals surface area contributed by atoms with Gasteiger partial charge in [-0.15, -0.1) is 10.2 Å². The molecule has 0 aliphatic carbocycles. The van der Waals surface area contributed by atoms with Gasteiger partial charge < -0.3 is 4.74 Å². The number of aromatic nitrogens is 3. The van der Waals surface area contributed by atoms with Crippen LogP contribution in [0.2, 0.25) is 5.02 Å². The van der Waals surface area contributed by atoms with Gasteiger partial charge >= 0.3 is 0 Å². The number of aryl methyl sites for hydroxylation is 1. The van der Waals surface area contributed by atoms with Crippen molar-refractivity contribution in [3.05, 3.63) is 74.2 Å². The van der Waals surface area contributed by atoms with E-state index in [1.807, 2.05) is 0 Å². The van der Waals surface area contributed by atoms with Crippen LogP contribution in [0.3, 0.4) is 0 Å². The molecule has 4 rings (SSSR count). The fourth-order valence-corrected chi connectivity index (χ4v) is 3.89. The van der Waals surface area contributed by atoms with Crippen LogP contribution in [0.15, 0.2) is 39.8 Å². The Morgan fingerprint density at radius 1 is 1.14 bits per heavy atom. The minimum absolute atomic E-state index is 0.101. The second-order valence-corrected chi connectivity index (χ2v) is 7.47. The summed E-state index contributed by atoms with van der Waals surface area (Å²) in [7, 11) is 1.52. The number of aliphatic imine (C=N–C) groups is 1. The summed E-state index contributed by atoms with van der Waals surface area (Å²) >= 11 is 9.98. The number of hydrogen-bond donors (Lipinski definition) is 0. The van der Waals surface area contributed by atoms with E-state index in [1.54, 1.807) is 23.6 Å². The van der Waals surface area contributed by atoms with E-state index >= 15 is 0 Å². The summed E-state index contributed by atoms with van der Waals surface area (Å²) in [5, 5.41) is 8.65. The third-order valence-corrected chi connectivity index (χ3v) is 5.79. The lowest BCUT2D eigenvalue weighted by atomic mass is 9.99. The van der Waals surface area contributed by atoms with Crippen molar-refractivity contribution in [2.24, 2.45) is 4.99 Å². The minimum atomic E-state index is -0.730. The van der Waals surface area contributed by atoms with E-state index in [0.29, 0.717) is 27.4 Å². The maximum Gasteiger partial charge on any atom is 0.164 e. The maximum absolute atomic E-state index is 14.7. The number of ether oxygens (including phenoxy) is 1. The maximum atomic E-state index is 14.7. The Morgan fingerprint density at radius 2 is 1.86 bits per heavy atom. The van der Waals surface area contributed by atoms with Crippen LogP contribution >= 0.6 is 27.5 Å². The van der Waals surface area contributed by atoms with Gasteiger partial charge in [0.05, 0.1) is 28.6 Å². The molecule has 1 aliphatic heterocycles. The van der Waals surface area contributed by atoms with Gasteiger partial charge in [-0.3, -0.25) is 9.56 Å². The van der Waals surface area contributed by atoms with Gasteiger partial charge in [0.1, 0.15) is 23.5 Å². The molecule has 2 heterocycles. The van der Waals surface area contributed by atoms with Crippen LogP contribution in [0.4, 0.5) is 8.78 Å². The standard InChI is InChI=1S/C19H14BrClF2N4O/c1-9-25-26-19-13(8-28-2)24-18(15-11(22)4-3-5-12(15)23)16-14(27(9)19)7-6-10(20)17(16)21/h3-7,13H,8H2,1-2H3/t13-/m0/s1. The van der Waals surface area contributed by atoms with Crippen molar-refractivity contribution in [3.8, 4) is 5.69 Å². The van der Waals surface area contributed by atoms with Crippen molar-refractivity contribution < 1.29 is 13.5 Å². The minimum Gasteiger partial charge on any atom is -0.382 e. The first-order chi connectivity index (χ1) is 13.4. The Kier molecular flexibility index (Phi) is 5.03. The monoisotopic (exact) mass is 466 g/mol. The first-order valence-corrected chi connectivity index (χ1v) is 9.53. The molecular formula is C19H14BrClF2N4O. The number of rotatable bonds is 3. The number of hydrogen-bond acceptors (Lipinski definition) is 4. The molecule has 0 bridgehead atoms. The summed E-state index contributed by atoms with van der Waals surface area (Å²) in [6.07, 6.45) is 0. The zero-order valence-corrected chi connectivity index (χ0v) is 17.2. The number of benzene rings is 2. The lowest BCUT2D eigenvalue weighted by Gasteiger charge is -2.16. The van der Waals surface area contributed by atoms with Crippen LogP contribution in [-0.4, -0.2) is 34.2 Å². The van der Waals surface area contributed by atoms with Crippen LogP contribution < -0.4 is 0 Å². The van der Waals surface area contributed by atoms with Crippen LogP contribution in [-0.2, 0) is 4.74 Å². The van der Waals surface area contributed by atoms with E-state index in [4.69, 9.17) is 16.3 Å². The first kappa shape index (κ1) is 19.2. The van der Waals surface area contributed by atoms with Gasteiger partial charge in [-0.05, 0) is 47.1 Å². The Bertz CT molecular complexity index is 1100. The van der Waals surface area contributed by atoms with Crippen molar-refractivity contribution in [1.82, 2.24) is 14.8 Å². The average Bonchev–Trinajstić information content (AvgIpc) is 2.97. The van der Waals surface area contributed by atoms with Crippen molar-refractivity contribution in [2.45, 2.75) is 13.0 Å². The normalized spacial score (nSPS) is 15.6. The number of nitrogens with zero attached hydrogens (tertiary/aromatic N) is 4. The first-order valence-electron chi connectivity index (χ1n) is 8.35. The van der Waals surface area contributed by atoms with E-state index in [0.717, 1.165) is 0 Å². The molecule has 144 valence electrons. The fourth-order valence-electron chi connectivity index (χ4n) is 3.31. The van der Waals surface area contributed by atoms with Gasteiger partial charge in [0.15, 0.2) is 5.82 Å². The molecule has 0 radical (unpaired) electrons. The molecule has 2 aromatic carbocycles. The van der Waals surface area contributed by atoms with E-state index in [-0.39, 0.29) is 22.9 Å². The van der Waals surface area contributed by atoms with Crippen LogP contribution in [0.25, 0.3) is 5.69 Å². The van der Waals surface area contributed by atoms with Gasteiger partial charge in [-0.25, -0.2) is 8.78 Å². The Hall–Kier alpha value is -2.16. The fraction of sp³-hybridized carbons (Fsp3) is 0.211. The van der Waals surface area contributed by atoms with Crippen LogP contribution in [0.1, 0.15) is 28.8 Å². The van der Waals surface area contributed by atoms with Gasteiger partial charge in [0.25, 0.3) is 0 Å². The summed E-state index contributed by atoms with van der Waals surface area (Å²) in [5.74, 6) is -0.357. The number of fused-ring (bicyclic) bond motifs is 3. The number of methoxy groups -OCH3 is 1. The molecule has 0 saturated heterocycles. The van der Waals surface area contributed by atoms with Gasteiger partial charge in [-0.2, -0.15) is 0 Å². The van der Waals surface area contributed by atoms with Crippen molar-refractivity contribution >= 4 is 33.2 Å². The van der Waals surface area contributed by atoms with E-state index in [1.165, 1.54) is 25.3 Å². The van der Waals surface area contributed by atoms with Crippen molar-refractivity contribution in [3.63, 3.8) is 0 Å². The molecule has 1 aliphatic rings. The van der Waals surface area contributed by atoms with E-state index in [2.05, 4.69) is 31.1 Å². The number of halogens is 4. The van der Waals surface area contributed by atoms with Gasteiger partial charge in [0, 0.05) is 17.1 Å². The lowest BCUT2D eigenvalue weighted by molar-refractivity contribution is 0.178. The third-order valence-electron chi connectivity index (χ3n) is 4.51. The third kappa shape index (κ3) is 2.96. The lowest BCUT2D eigenvalue weighted by Crippen LogP contribution is -2.13. The highest BCUT2D eigenvalue weighted by Gasteiger charge is 2.32. The predicted octanol–water partition coefficient (Wildman–Crippen LogP) is 4.81. The average molecular weight is 468 g/mol.